The van der Waals surface area contributed by atoms with E-state index in [2.05, 4.69) is 4.99 Å². The number of hydrogen-bond acceptors (Lipinski definition) is 6. The van der Waals surface area contributed by atoms with Gasteiger partial charge in [-0.05, 0) is 55.0 Å². The lowest BCUT2D eigenvalue weighted by molar-refractivity contribution is -0.147. The van der Waals surface area contributed by atoms with E-state index in [1.807, 2.05) is 0 Å². The number of allylic oxidation sites excluding steroid dienone is 1. The van der Waals surface area contributed by atoms with Gasteiger partial charge in [0.2, 0.25) is 0 Å². The Hall–Kier alpha value is -2.57. The Kier molecular flexibility index (Phi) is 5.98. The molecule has 7 heteroatoms. The first-order valence-electron chi connectivity index (χ1n) is 8.21. The Morgan fingerprint density at radius 2 is 2.04 bits per heavy atom. The van der Waals surface area contributed by atoms with Crippen LogP contribution in [0.25, 0.3) is 6.08 Å². The molecule has 1 fully saturated rings. The number of phenolic OH excluding ortho intramolecular Hbond substituents is 1. The van der Waals surface area contributed by atoms with Gasteiger partial charge in [-0.25, -0.2) is 4.99 Å². The molecule has 0 aromatic heterocycles. The molecule has 1 saturated heterocycles. The number of halogens is 1. The number of thioether (sulfide) groups is 1. The largest absolute Gasteiger partial charge is 0.508 e. The summed E-state index contributed by atoms with van der Waals surface area (Å²) in [6.45, 7) is 1.86. The van der Waals surface area contributed by atoms with E-state index in [4.69, 9.17) is 16.3 Å². The number of benzene rings is 2. The maximum atomic E-state index is 12.8. The quantitative estimate of drug-likeness (QED) is 0.460. The van der Waals surface area contributed by atoms with Crippen LogP contribution in [0.4, 0.5) is 5.69 Å². The number of Topliss-reactive ketones (excluding diaryl/α,β-unsaturated/α-hetero) is 1. The van der Waals surface area contributed by atoms with Crippen molar-refractivity contribution >= 4 is 51.9 Å². The standard InChI is InChI=1S/C20H16ClNO4S/c1-2-26-20(25)17-18(24)16(11-12-4-3-5-15(23)10-12)27-19(17)22-14-8-6-13(21)7-9-14/h3-11,17,23H,2H2,1H3/b16-11-,22-19?. The highest BCUT2D eigenvalue weighted by Crippen LogP contribution is 2.38. The van der Waals surface area contributed by atoms with Crippen molar-refractivity contribution in [2.75, 3.05) is 6.61 Å². The summed E-state index contributed by atoms with van der Waals surface area (Å²) >= 11 is 7.01. The van der Waals surface area contributed by atoms with Crippen molar-refractivity contribution in [2.24, 2.45) is 10.9 Å². The first-order chi connectivity index (χ1) is 13.0. The van der Waals surface area contributed by atoms with E-state index in [9.17, 15) is 14.7 Å². The maximum Gasteiger partial charge on any atom is 0.323 e. The van der Waals surface area contributed by atoms with Crippen molar-refractivity contribution < 1.29 is 19.4 Å². The fraction of sp³-hybridized carbons (Fsp3) is 0.150. The molecular weight excluding hydrogens is 386 g/mol. The minimum Gasteiger partial charge on any atom is -0.508 e. The summed E-state index contributed by atoms with van der Waals surface area (Å²) in [5, 5.41) is 10.5. The third-order valence-corrected chi connectivity index (χ3v) is 5.05. The van der Waals surface area contributed by atoms with E-state index in [-0.39, 0.29) is 18.1 Å². The number of aromatic hydroxyl groups is 1. The highest BCUT2D eigenvalue weighted by Gasteiger charge is 2.42. The first kappa shape index (κ1) is 19.2. The fourth-order valence-corrected chi connectivity index (χ4v) is 3.74. The minimum absolute atomic E-state index is 0.0943. The number of carbonyl (C=O) groups excluding carboxylic acids is 2. The van der Waals surface area contributed by atoms with E-state index in [0.717, 1.165) is 11.8 Å². The highest BCUT2D eigenvalue weighted by atomic mass is 35.5. The van der Waals surface area contributed by atoms with Crippen LogP contribution in [-0.2, 0) is 14.3 Å². The zero-order valence-electron chi connectivity index (χ0n) is 14.4. The summed E-state index contributed by atoms with van der Waals surface area (Å²) in [5.41, 5.74) is 1.24. The Morgan fingerprint density at radius 1 is 1.30 bits per heavy atom. The van der Waals surface area contributed by atoms with Gasteiger partial charge in [0.25, 0.3) is 0 Å². The minimum atomic E-state index is -1.09. The number of aliphatic imine (C=N–C) groups is 1. The van der Waals surface area contributed by atoms with Crippen molar-refractivity contribution in [3.8, 4) is 5.75 Å². The summed E-state index contributed by atoms with van der Waals surface area (Å²) in [6, 6.07) is 13.3. The lowest BCUT2D eigenvalue weighted by Gasteiger charge is -2.07. The molecule has 0 saturated carbocycles. The van der Waals surface area contributed by atoms with Crippen LogP contribution in [0.15, 0.2) is 58.4 Å². The summed E-state index contributed by atoms with van der Waals surface area (Å²) in [4.78, 5) is 30.0. The Balaban J connectivity index is 1.98. The topological polar surface area (TPSA) is 76.0 Å². The van der Waals surface area contributed by atoms with E-state index in [0.29, 0.717) is 26.2 Å². The normalized spacial score (nSPS) is 19.6. The van der Waals surface area contributed by atoms with E-state index in [1.54, 1.807) is 55.5 Å². The van der Waals surface area contributed by atoms with Gasteiger partial charge >= 0.3 is 5.97 Å². The molecule has 1 aliphatic rings. The molecule has 1 aliphatic heterocycles. The summed E-state index contributed by atoms with van der Waals surface area (Å²) < 4.78 is 5.06. The molecule has 2 aromatic carbocycles. The molecule has 0 amide bonds. The molecule has 1 unspecified atom stereocenters. The smallest absolute Gasteiger partial charge is 0.323 e. The predicted octanol–water partition coefficient (Wildman–Crippen LogP) is 4.61. The molecule has 0 radical (unpaired) electrons. The zero-order chi connectivity index (χ0) is 19.4. The van der Waals surface area contributed by atoms with Crippen LogP contribution in [-0.4, -0.2) is 28.5 Å². The second-order valence-electron chi connectivity index (χ2n) is 5.68. The van der Waals surface area contributed by atoms with Gasteiger partial charge in [0.1, 0.15) is 10.8 Å². The third-order valence-electron chi connectivity index (χ3n) is 3.72. The van der Waals surface area contributed by atoms with Crippen LogP contribution < -0.4 is 0 Å². The number of nitrogens with zero attached hydrogens (tertiary/aromatic N) is 1. The van der Waals surface area contributed by atoms with Gasteiger partial charge < -0.3 is 9.84 Å². The second kappa shape index (κ2) is 8.41. The Morgan fingerprint density at radius 3 is 2.70 bits per heavy atom. The zero-order valence-corrected chi connectivity index (χ0v) is 16.0. The van der Waals surface area contributed by atoms with Crippen molar-refractivity contribution in [1.82, 2.24) is 0 Å². The van der Waals surface area contributed by atoms with Crippen LogP contribution >= 0.6 is 23.4 Å². The Labute approximate surface area is 165 Å². The summed E-state index contributed by atoms with van der Waals surface area (Å²) in [7, 11) is 0. The molecule has 2 aromatic rings. The maximum absolute atomic E-state index is 12.8. The van der Waals surface area contributed by atoms with Gasteiger partial charge in [-0.15, -0.1) is 0 Å². The van der Waals surface area contributed by atoms with Gasteiger partial charge in [-0.3, -0.25) is 9.59 Å². The van der Waals surface area contributed by atoms with Crippen LogP contribution in [0.1, 0.15) is 12.5 Å². The lowest BCUT2D eigenvalue weighted by Crippen LogP contribution is -2.27. The number of hydrogen-bond donors (Lipinski definition) is 1. The number of esters is 1. The van der Waals surface area contributed by atoms with E-state index < -0.39 is 11.9 Å². The molecule has 138 valence electrons. The monoisotopic (exact) mass is 401 g/mol. The molecule has 1 atom stereocenters. The number of ketones is 1. The van der Waals surface area contributed by atoms with Gasteiger partial charge in [-0.1, -0.05) is 35.5 Å². The number of rotatable bonds is 4. The first-order valence-corrected chi connectivity index (χ1v) is 9.41. The van der Waals surface area contributed by atoms with Crippen LogP contribution in [0.2, 0.25) is 5.02 Å². The molecule has 5 nitrogen and oxygen atoms in total. The van der Waals surface area contributed by atoms with Crippen molar-refractivity contribution in [3.63, 3.8) is 0 Å². The van der Waals surface area contributed by atoms with Crippen molar-refractivity contribution in [1.29, 1.82) is 0 Å². The van der Waals surface area contributed by atoms with Gasteiger partial charge in [0.15, 0.2) is 11.7 Å². The fourth-order valence-electron chi connectivity index (χ4n) is 2.51. The molecule has 0 aliphatic carbocycles. The lowest BCUT2D eigenvalue weighted by atomic mass is 10.0. The highest BCUT2D eigenvalue weighted by molar-refractivity contribution is 8.19. The Bertz CT molecular complexity index is 937. The van der Waals surface area contributed by atoms with E-state index >= 15 is 0 Å². The second-order valence-corrected chi connectivity index (χ2v) is 7.18. The van der Waals surface area contributed by atoms with Crippen LogP contribution in [0.3, 0.4) is 0 Å². The van der Waals surface area contributed by atoms with Crippen LogP contribution in [0, 0.1) is 5.92 Å². The number of phenols is 1. The average Bonchev–Trinajstić information content (AvgIpc) is 2.92. The summed E-state index contributed by atoms with van der Waals surface area (Å²) in [6.07, 6.45) is 1.63. The molecule has 1 N–H and O–H groups in total. The molecule has 3 rings (SSSR count). The van der Waals surface area contributed by atoms with Crippen molar-refractivity contribution in [2.45, 2.75) is 6.92 Å². The number of ether oxygens (including phenoxy) is 1. The van der Waals surface area contributed by atoms with Gasteiger partial charge in [0.05, 0.1) is 17.2 Å². The SMILES string of the molecule is CCOC(=O)C1C(=O)/C(=C/c2cccc(O)c2)SC1=Nc1ccc(Cl)cc1. The third kappa shape index (κ3) is 4.59. The molecule has 0 bridgehead atoms. The molecule has 1 heterocycles. The van der Waals surface area contributed by atoms with Crippen LogP contribution in [0.5, 0.6) is 5.75 Å². The molecule has 0 spiro atoms. The van der Waals surface area contributed by atoms with Crippen molar-refractivity contribution in [3.05, 3.63) is 64.0 Å². The van der Waals surface area contributed by atoms with Gasteiger partial charge in [-0.2, -0.15) is 0 Å². The number of carbonyl (C=O) groups is 2. The van der Waals surface area contributed by atoms with E-state index in [1.165, 1.54) is 6.07 Å². The molecule has 27 heavy (non-hydrogen) atoms. The predicted molar refractivity (Wildman–Crippen MR) is 107 cm³/mol. The average molecular weight is 402 g/mol. The molecular formula is C20H16ClNO4S. The summed E-state index contributed by atoms with van der Waals surface area (Å²) in [5.74, 6) is -1.98. The van der Waals surface area contributed by atoms with Gasteiger partial charge in [0, 0.05) is 5.02 Å².